The second-order valence-electron chi connectivity index (χ2n) is 5.89. The summed E-state index contributed by atoms with van der Waals surface area (Å²) in [5.74, 6) is 0.698. The van der Waals surface area contributed by atoms with Crippen LogP contribution in [0.3, 0.4) is 0 Å². The molecule has 122 valence electrons. The van der Waals surface area contributed by atoms with Gasteiger partial charge in [0, 0.05) is 18.3 Å². The molecule has 1 aromatic rings. The highest BCUT2D eigenvalue weighted by Crippen LogP contribution is 2.26. The molecule has 22 heavy (non-hydrogen) atoms. The number of nitrogens with one attached hydrogen (secondary N) is 2. The van der Waals surface area contributed by atoms with Gasteiger partial charge in [0.1, 0.15) is 5.75 Å². The Morgan fingerprint density at radius 2 is 2.09 bits per heavy atom. The average Bonchev–Trinajstić information content (AvgIpc) is 3.11. The summed E-state index contributed by atoms with van der Waals surface area (Å²) < 4.78 is 5.93. The van der Waals surface area contributed by atoms with Crippen molar-refractivity contribution < 1.29 is 14.6 Å². The first-order chi connectivity index (χ1) is 10.2. The first kappa shape index (κ1) is 17.1. The molecule has 6 heteroatoms. The lowest BCUT2D eigenvalue weighted by Gasteiger charge is -2.15. The van der Waals surface area contributed by atoms with Crippen molar-refractivity contribution in [2.75, 3.05) is 11.9 Å². The molecule has 1 aliphatic carbocycles. The fraction of sp³-hybridized carbons (Fsp3) is 0.562. The lowest BCUT2D eigenvalue weighted by Crippen LogP contribution is -2.35. The van der Waals surface area contributed by atoms with Gasteiger partial charge in [0.05, 0.1) is 18.2 Å². The maximum absolute atomic E-state index is 12.1. The van der Waals surface area contributed by atoms with Crippen LogP contribution < -0.4 is 15.4 Å². The summed E-state index contributed by atoms with van der Waals surface area (Å²) in [6.07, 6.45) is 5.03. The molecule has 0 aromatic heterocycles. The van der Waals surface area contributed by atoms with E-state index in [1.807, 2.05) is 24.3 Å². The molecule has 0 bridgehead atoms. The van der Waals surface area contributed by atoms with Gasteiger partial charge in [-0.05, 0) is 44.2 Å². The second kappa shape index (κ2) is 7.81. The average molecular weight is 327 g/mol. The third-order valence-electron chi connectivity index (χ3n) is 4.13. The minimum absolute atomic E-state index is 0. The van der Waals surface area contributed by atoms with E-state index in [0.717, 1.165) is 24.3 Å². The van der Waals surface area contributed by atoms with Gasteiger partial charge < -0.3 is 20.5 Å². The summed E-state index contributed by atoms with van der Waals surface area (Å²) in [6, 6.07) is 7.20. The van der Waals surface area contributed by atoms with Crippen molar-refractivity contribution in [3.63, 3.8) is 0 Å². The van der Waals surface area contributed by atoms with Crippen molar-refractivity contribution in [2.24, 2.45) is 0 Å². The van der Waals surface area contributed by atoms with Crippen LogP contribution in [0.25, 0.3) is 0 Å². The molecule has 0 spiro atoms. The van der Waals surface area contributed by atoms with Crippen molar-refractivity contribution >= 4 is 24.0 Å². The molecule has 2 aliphatic rings. The van der Waals surface area contributed by atoms with Gasteiger partial charge in [0.15, 0.2) is 0 Å². The minimum Gasteiger partial charge on any atom is -0.490 e. The van der Waals surface area contributed by atoms with Gasteiger partial charge in [-0.25, -0.2) is 0 Å². The second-order valence-corrected chi connectivity index (χ2v) is 5.89. The molecular formula is C16H23ClN2O3. The zero-order chi connectivity index (χ0) is 14.7. The van der Waals surface area contributed by atoms with E-state index in [9.17, 15) is 9.90 Å². The third-order valence-corrected chi connectivity index (χ3v) is 4.13. The Bertz CT molecular complexity index is 506. The SMILES string of the molecule is Cl.O=C(Nc1cccc(OC2CCCC2)c1)C1CC(O)CN1. The predicted molar refractivity (Wildman–Crippen MR) is 87.6 cm³/mol. The predicted octanol–water partition coefficient (Wildman–Crippen LogP) is 2.09. The van der Waals surface area contributed by atoms with Crippen molar-refractivity contribution in [3.8, 4) is 5.75 Å². The Kier molecular flexibility index (Phi) is 6.06. The molecule has 3 N–H and O–H groups in total. The number of β-amino-alcohol motifs (C(OH)–C–C–N with tert-alkyl or cyclic N) is 1. The molecule has 0 radical (unpaired) electrons. The van der Waals surface area contributed by atoms with E-state index in [-0.39, 0.29) is 24.4 Å². The quantitative estimate of drug-likeness (QED) is 0.792. The highest BCUT2D eigenvalue weighted by Gasteiger charge is 2.28. The lowest BCUT2D eigenvalue weighted by molar-refractivity contribution is -0.117. The summed E-state index contributed by atoms with van der Waals surface area (Å²) in [4.78, 5) is 12.1. The Morgan fingerprint density at radius 1 is 1.32 bits per heavy atom. The number of carbonyl (C=O) groups is 1. The van der Waals surface area contributed by atoms with Gasteiger partial charge in [0.2, 0.25) is 5.91 Å². The number of benzene rings is 1. The topological polar surface area (TPSA) is 70.6 Å². The van der Waals surface area contributed by atoms with Gasteiger partial charge in [-0.3, -0.25) is 4.79 Å². The number of aliphatic hydroxyl groups excluding tert-OH is 1. The Labute approximate surface area is 136 Å². The van der Waals surface area contributed by atoms with Crippen molar-refractivity contribution in [3.05, 3.63) is 24.3 Å². The van der Waals surface area contributed by atoms with Crippen molar-refractivity contribution in [1.29, 1.82) is 0 Å². The largest absolute Gasteiger partial charge is 0.490 e. The van der Waals surface area contributed by atoms with E-state index in [0.29, 0.717) is 19.1 Å². The number of anilines is 1. The van der Waals surface area contributed by atoms with E-state index < -0.39 is 6.10 Å². The number of hydrogen-bond acceptors (Lipinski definition) is 4. The van der Waals surface area contributed by atoms with Gasteiger partial charge in [-0.2, -0.15) is 0 Å². The molecule has 1 saturated heterocycles. The summed E-state index contributed by atoms with van der Waals surface area (Å²) in [7, 11) is 0. The number of carbonyl (C=O) groups excluding carboxylic acids is 1. The maximum Gasteiger partial charge on any atom is 0.241 e. The van der Waals surface area contributed by atoms with Crippen LogP contribution in [0, 0.1) is 0 Å². The molecule has 2 unspecified atom stereocenters. The van der Waals surface area contributed by atoms with Crippen LogP contribution in [-0.2, 0) is 4.79 Å². The minimum atomic E-state index is -0.433. The number of rotatable bonds is 4. The summed E-state index contributed by atoms with van der Waals surface area (Å²) >= 11 is 0. The number of hydrogen-bond donors (Lipinski definition) is 3. The molecule has 1 aromatic carbocycles. The highest BCUT2D eigenvalue weighted by atomic mass is 35.5. The zero-order valence-electron chi connectivity index (χ0n) is 12.5. The summed E-state index contributed by atoms with van der Waals surface area (Å²) in [5.41, 5.74) is 0.735. The normalized spacial score (nSPS) is 24.8. The van der Waals surface area contributed by atoms with E-state index in [1.165, 1.54) is 12.8 Å². The van der Waals surface area contributed by atoms with E-state index in [2.05, 4.69) is 10.6 Å². The Morgan fingerprint density at radius 3 is 2.77 bits per heavy atom. The Balaban J connectivity index is 0.00000176. The summed E-state index contributed by atoms with van der Waals surface area (Å²) in [5, 5.41) is 15.3. The van der Waals surface area contributed by atoms with Crippen molar-refractivity contribution in [1.82, 2.24) is 5.32 Å². The number of amides is 1. The molecule has 1 saturated carbocycles. The fourth-order valence-corrected chi connectivity index (χ4v) is 2.99. The van der Waals surface area contributed by atoms with Gasteiger partial charge >= 0.3 is 0 Å². The van der Waals surface area contributed by atoms with Crippen LogP contribution in [0.2, 0.25) is 0 Å². The Hall–Kier alpha value is -1.30. The monoisotopic (exact) mass is 326 g/mol. The van der Waals surface area contributed by atoms with Crippen molar-refractivity contribution in [2.45, 2.75) is 50.4 Å². The van der Waals surface area contributed by atoms with E-state index in [4.69, 9.17) is 4.74 Å². The zero-order valence-corrected chi connectivity index (χ0v) is 13.3. The molecule has 5 nitrogen and oxygen atoms in total. The first-order valence-corrected chi connectivity index (χ1v) is 7.70. The molecular weight excluding hydrogens is 304 g/mol. The van der Waals surface area contributed by atoms with Crippen LogP contribution in [0.5, 0.6) is 5.75 Å². The number of aliphatic hydroxyl groups is 1. The summed E-state index contributed by atoms with van der Waals surface area (Å²) in [6.45, 7) is 0.475. The maximum atomic E-state index is 12.1. The standard InChI is InChI=1S/C16H22N2O3.ClH/c19-12-9-15(17-10-12)16(20)18-11-4-3-7-14(8-11)21-13-5-1-2-6-13;/h3-4,7-8,12-13,15,17,19H,1-2,5-6,9-10H2,(H,18,20);1H. The first-order valence-electron chi connectivity index (χ1n) is 7.70. The lowest BCUT2D eigenvalue weighted by atomic mass is 10.2. The van der Waals surface area contributed by atoms with E-state index in [1.54, 1.807) is 0 Å². The molecule has 2 atom stereocenters. The highest BCUT2D eigenvalue weighted by molar-refractivity contribution is 5.95. The molecule has 1 heterocycles. The number of halogens is 1. The van der Waals surface area contributed by atoms with Crippen LogP contribution in [-0.4, -0.2) is 35.8 Å². The molecule has 1 aliphatic heterocycles. The smallest absolute Gasteiger partial charge is 0.241 e. The van der Waals surface area contributed by atoms with Crippen LogP contribution in [0.15, 0.2) is 24.3 Å². The van der Waals surface area contributed by atoms with E-state index >= 15 is 0 Å². The number of ether oxygens (including phenoxy) is 1. The molecule has 2 fully saturated rings. The fourth-order valence-electron chi connectivity index (χ4n) is 2.99. The van der Waals surface area contributed by atoms with Crippen LogP contribution in [0.4, 0.5) is 5.69 Å². The van der Waals surface area contributed by atoms with Gasteiger partial charge in [-0.15, -0.1) is 12.4 Å². The third kappa shape index (κ3) is 4.35. The van der Waals surface area contributed by atoms with Crippen LogP contribution >= 0.6 is 12.4 Å². The van der Waals surface area contributed by atoms with Crippen LogP contribution in [0.1, 0.15) is 32.1 Å². The molecule has 1 amide bonds. The van der Waals surface area contributed by atoms with Gasteiger partial charge in [-0.1, -0.05) is 6.07 Å². The molecule has 3 rings (SSSR count). The van der Waals surface area contributed by atoms with Gasteiger partial charge in [0.25, 0.3) is 0 Å².